The van der Waals surface area contributed by atoms with Gasteiger partial charge in [0, 0.05) is 12.5 Å². The van der Waals surface area contributed by atoms with E-state index in [2.05, 4.69) is 5.16 Å². The van der Waals surface area contributed by atoms with Gasteiger partial charge in [-0.2, -0.15) is 0 Å². The summed E-state index contributed by atoms with van der Waals surface area (Å²) in [5.41, 5.74) is 2.20. The monoisotopic (exact) mass is 169 g/mol. The molecule has 3 N–H and O–H groups in total. The smallest absolute Gasteiger partial charge is 0.287 e. The van der Waals surface area contributed by atoms with Crippen molar-refractivity contribution in [3.05, 3.63) is 17.5 Å². The van der Waals surface area contributed by atoms with Gasteiger partial charge in [-0.3, -0.25) is 10.2 Å². The third-order valence-electron chi connectivity index (χ3n) is 1.42. The standard InChI is InChI=1S/C7H11N3O2/c1-2-3-5-4-6(10-12-5)7(11)9-8/h4H,2-3,8H2,1H3,(H,9,11). The number of aryl methyl sites for hydroxylation is 1. The number of nitrogen functional groups attached to an aromatic ring is 1. The molecular formula is C7H11N3O2. The molecule has 0 unspecified atom stereocenters. The molecule has 1 heterocycles. The molecule has 0 aliphatic heterocycles. The van der Waals surface area contributed by atoms with Crippen LogP contribution in [0.4, 0.5) is 0 Å². The Bertz CT molecular complexity index is 269. The van der Waals surface area contributed by atoms with E-state index in [1.165, 1.54) is 0 Å². The van der Waals surface area contributed by atoms with Gasteiger partial charge in [0.05, 0.1) is 0 Å². The molecule has 0 aromatic carbocycles. The number of carbonyl (C=O) groups is 1. The van der Waals surface area contributed by atoms with Crippen LogP contribution in [0.2, 0.25) is 0 Å². The Morgan fingerprint density at radius 2 is 2.58 bits per heavy atom. The molecule has 0 saturated carbocycles. The number of nitrogens with zero attached hydrogens (tertiary/aromatic N) is 1. The van der Waals surface area contributed by atoms with Crippen molar-refractivity contribution in [1.82, 2.24) is 10.6 Å². The zero-order valence-electron chi connectivity index (χ0n) is 6.83. The van der Waals surface area contributed by atoms with Crippen molar-refractivity contribution in [3.8, 4) is 0 Å². The lowest BCUT2D eigenvalue weighted by Gasteiger charge is -1.88. The van der Waals surface area contributed by atoms with Crippen LogP contribution in [0.1, 0.15) is 29.6 Å². The number of hydrogen-bond acceptors (Lipinski definition) is 4. The average Bonchev–Trinajstić information content (AvgIpc) is 2.52. The molecule has 0 atom stereocenters. The fourth-order valence-corrected chi connectivity index (χ4v) is 0.858. The van der Waals surface area contributed by atoms with Crippen molar-refractivity contribution >= 4 is 5.91 Å². The van der Waals surface area contributed by atoms with Gasteiger partial charge in [-0.25, -0.2) is 5.84 Å². The lowest BCUT2D eigenvalue weighted by molar-refractivity contribution is 0.0944. The number of amides is 1. The van der Waals surface area contributed by atoms with E-state index in [9.17, 15) is 4.79 Å². The van der Waals surface area contributed by atoms with Crippen LogP contribution < -0.4 is 11.3 Å². The number of nitrogens with two attached hydrogens (primary N) is 1. The first kappa shape index (κ1) is 8.73. The minimum atomic E-state index is -0.430. The highest BCUT2D eigenvalue weighted by Gasteiger charge is 2.09. The number of nitrogens with one attached hydrogen (secondary N) is 1. The maximum Gasteiger partial charge on any atom is 0.287 e. The van der Waals surface area contributed by atoms with E-state index >= 15 is 0 Å². The fraction of sp³-hybridized carbons (Fsp3) is 0.429. The third kappa shape index (κ3) is 1.82. The molecule has 0 aliphatic rings. The zero-order chi connectivity index (χ0) is 8.97. The summed E-state index contributed by atoms with van der Waals surface area (Å²) in [6.07, 6.45) is 1.74. The molecule has 1 aromatic heterocycles. The lowest BCUT2D eigenvalue weighted by Crippen LogP contribution is -2.30. The zero-order valence-corrected chi connectivity index (χ0v) is 6.83. The Kier molecular flexibility index (Phi) is 2.82. The normalized spacial score (nSPS) is 9.83. The van der Waals surface area contributed by atoms with Crippen LogP contribution in [0.25, 0.3) is 0 Å². The van der Waals surface area contributed by atoms with Crippen LogP contribution in [0.15, 0.2) is 10.6 Å². The minimum absolute atomic E-state index is 0.223. The van der Waals surface area contributed by atoms with Crippen molar-refractivity contribution in [3.63, 3.8) is 0 Å². The highest BCUT2D eigenvalue weighted by atomic mass is 16.5. The Balaban J connectivity index is 2.70. The van der Waals surface area contributed by atoms with E-state index < -0.39 is 5.91 Å². The molecule has 1 rings (SSSR count). The molecule has 1 amide bonds. The quantitative estimate of drug-likeness (QED) is 0.385. The van der Waals surface area contributed by atoms with Crippen molar-refractivity contribution < 1.29 is 9.32 Å². The van der Waals surface area contributed by atoms with Crippen molar-refractivity contribution in [2.45, 2.75) is 19.8 Å². The summed E-state index contributed by atoms with van der Waals surface area (Å²) in [6, 6.07) is 1.59. The maximum absolute atomic E-state index is 10.9. The van der Waals surface area contributed by atoms with Gasteiger partial charge >= 0.3 is 0 Å². The second-order valence-electron chi connectivity index (χ2n) is 2.40. The number of rotatable bonds is 3. The van der Waals surface area contributed by atoms with Crippen LogP contribution in [0, 0.1) is 0 Å². The van der Waals surface area contributed by atoms with E-state index in [0.29, 0.717) is 5.76 Å². The molecular weight excluding hydrogens is 158 g/mol. The SMILES string of the molecule is CCCc1cc(C(=O)NN)no1. The van der Waals surface area contributed by atoms with Gasteiger partial charge in [0.15, 0.2) is 5.69 Å². The van der Waals surface area contributed by atoms with E-state index in [-0.39, 0.29) is 5.69 Å². The predicted octanol–water partition coefficient (Wildman–Crippen LogP) is 0.231. The Hall–Kier alpha value is -1.36. The van der Waals surface area contributed by atoms with Crippen LogP contribution >= 0.6 is 0 Å². The summed E-state index contributed by atoms with van der Waals surface area (Å²) in [4.78, 5) is 10.9. The van der Waals surface area contributed by atoms with Gasteiger partial charge in [0.1, 0.15) is 5.76 Å². The number of hydrogen-bond donors (Lipinski definition) is 2. The first-order chi connectivity index (χ1) is 5.77. The maximum atomic E-state index is 10.9. The summed E-state index contributed by atoms with van der Waals surface area (Å²) < 4.78 is 4.86. The predicted molar refractivity (Wildman–Crippen MR) is 42.2 cm³/mol. The van der Waals surface area contributed by atoms with Crippen molar-refractivity contribution in [2.75, 3.05) is 0 Å². The highest BCUT2D eigenvalue weighted by Crippen LogP contribution is 2.05. The Labute approximate surface area is 69.9 Å². The van der Waals surface area contributed by atoms with E-state index in [1.54, 1.807) is 6.07 Å². The fourth-order valence-electron chi connectivity index (χ4n) is 0.858. The molecule has 5 heteroatoms. The molecule has 0 saturated heterocycles. The molecule has 0 bridgehead atoms. The van der Waals surface area contributed by atoms with E-state index in [1.807, 2.05) is 12.3 Å². The van der Waals surface area contributed by atoms with Gasteiger partial charge in [-0.15, -0.1) is 0 Å². The molecule has 0 aliphatic carbocycles. The van der Waals surface area contributed by atoms with Crippen molar-refractivity contribution in [2.24, 2.45) is 5.84 Å². The second kappa shape index (κ2) is 3.87. The molecule has 5 nitrogen and oxygen atoms in total. The molecule has 0 spiro atoms. The first-order valence-electron chi connectivity index (χ1n) is 3.74. The average molecular weight is 169 g/mol. The van der Waals surface area contributed by atoms with Gasteiger partial charge in [-0.05, 0) is 6.42 Å². The first-order valence-corrected chi connectivity index (χ1v) is 3.74. The van der Waals surface area contributed by atoms with Gasteiger partial charge in [0.25, 0.3) is 5.91 Å². The van der Waals surface area contributed by atoms with E-state index in [4.69, 9.17) is 10.4 Å². The number of hydrazine groups is 1. The Morgan fingerprint density at radius 1 is 1.83 bits per heavy atom. The third-order valence-corrected chi connectivity index (χ3v) is 1.42. The summed E-state index contributed by atoms with van der Waals surface area (Å²) in [5, 5.41) is 3.54. The molecule has 66 valence electrons. The molecule has 1 aromatic rings. The number of aromatic nitrogens is 1. The van der Waals surface area contributed by atoms with Gasteiger partial charge in [0.2, 0.25) is 0 Å². The Morgan fingerprint density at radius 3 is 3.17 bits per heavy atom. The second-order valence-corrected chi connectivity index (χ2v) is 2.40. The van der Waals surface area contributed by atoms with Crippen LogP contribution in [-0.4, -0.2) is 11.1 Å². The van der Waals surface area contributed by atoms with Crippen molar-refractivity contribution in [1.29, 1.82) is 0 Å². The van der Waals surface area contributed by atoms with Crippen LogP contribution in [0.3, 0.4) is 0 Å². The molecule has 0 fully saturated rings. The van der Waals surface area contributed by atoms with Gasteiger partial charge in [-0.1, -0.05) is 12.1 Å². The number of carbonyl (C=O) groups excluding carboxylic acids is 1. The topological polar surface area (TPSA) is 81.2 Å². The lowest BCUT2D eigenvalue weighted by atomic mass is 10.2. The minimum Gasteiger partial charge on any atom is -0.361 e. The van der Waals surface area contributed by atoms with Gasteiger partial charge < -0.3 is 4.52 Å². The largest absolute Gasteiger partial charge is 0.361 e. The molecule has 0 radical (unpaired) electrons. The van der Waals surface area contributed by atoms with E-state index in [0.717, 1.165) is 12.8 Å². The summed E-state index contributed by atoms with van der Waals surface area (Å²) >= 11 is 0. The summed E-state index contributed by atoms with van der Waals surface area (Å²) in [7, 11) is 0. The highest BCUT2D eigenvalue weighted by molar-refractivity contribution is 5.91. The summed E-state index contributed by atoms with van der Waals surface area (Å²) in [5.74, 6) is 5.18. The van der Waals surface area contributed by atoms with Crippen LogP contribution in [0.5, 0.6) is 0 Å². The molecule has 12 heavy (non-hydrogen) atoms. The summed E-state index contributed by atoms with van der Waals surface area (Å²) in [6.45, 7) is 2.02. The van der Waals surface area contributed by atoms with Crippen LogP contribution in [-0.2, 0) is 6.42 Å².